The lowest BCUT2D eigenvalue weighted by Gasteiger charge is -2.08. The standard InChI is InChI=1S/C16H20N2OS/c1-4-12-7-5-6-8-14(12)18-15(19)9-13-10-20-16(17-13)11(2)3/h5-8,10-11H,4,9H2,1-3H3,(H,18,19). The summed E-state index contributed by atoms with van der Waals surface area (Å²) in [6.07, 6.45) is 1.24. The Morgan fingerprint density at radius 3 is 2.75 bits per heavy atom. The van der Waals surface area contributed by atoms with Gasteiger partial charge in [0.25, 0.3) is 0 Å². The molecule has 0 saturated heterocycles. The van der Waals surface area contributed by atoms with Gasteiger partial charge < -0.3 is 5.32 Å². The monoisotopic (exact) mass is 288 g/mol. The fourth-order valence-electron chi connectivity index (χ4n) is 1.98. The number of anilines is 1. The summed E-state index contributed by atoms with van der Waals surface area (Å²) in [4.78, 5) is 16.6. The van der Waals surface area contributed by atoms with E-state index in [0.717, 1.165) is 28.4 Å². The van der Waals surface area contributed by atoms with E-state index < -0.39 is 0 Å². The molecule has 2 rings (SSSR count). The van der Waals surface area contributed by atoms with Crippen molar-refractivity contribution in [2.45, 2.75) is 39.5 Å². The Kier molecular flexibility index (Phi) is 4.90. The van der Waals surface area contributed by atoms with Gasteiger partial charge in [-0.05, 0) is 18.1 Å². The van der Waals surface area contributed by atoms with Gasteiger partial charge in [-0.1, -0.05) is 39.0 Å². The summed E-state index contributed by atoms with van der Waals surface area (Å²) in [6, 6.07) is 7.91. The highest BCUT2D eigenvalue weighted by Crippen LogP contribution is 2.20. The minimum Gasteiger partial charge on any atom is -0.325 e. The van der Waals surface area contributed by atoms with Crippen LogP contribution in [0.1, 0.15) is 43.0 Å². The number of para-hydroxylation sites is 1. The molecule has 0 radical (unpaired) electrons. The topological polar surface area (TPSA) is 42.0 Å². The van der Waals surface area contributed by atoms with Gasteiger partial charge in [-0.15, -0.1) is 11.3 Å². The second kappa shape index (κ2) is 6.66. The van der Waals surface area contributed by atoms with E-state index in [1.807, 2.05) is 29.6 Å². The highest BCUT2D eigenvalue weighted by Gasteiger charge is 2.11. The zero-order valence-electron chi connectivity index (χ0n) is 12.1. The van der Waals surface area contributed by atoms with Crippen molar-refractivity contribution in [3.8, 4) is 0 Å². The Labute approximate surface area is 124 Å². The summed E-state index contributed by atoms with van der Waals surface area (Å²) in [6.45, 7) is 6.31. The molecule has 1 aromatic heterocycles. The maximum absolute atomic E-state index is 12.1. The van der Waals surface area contributed by atoms with Gasteiger partial charge in [0.2, 0.25) is 5.91 Å². The van der Waals surface area contributed by atoms with E-state index in [2.05, 4.69) is 31.1 Å². The average Bonchev–Trinajstić information content (AvgIpc) is 2.88. The molecule has 0 saturated carbocycles. The molecule has 1 heterocycles. The number of benzene rings is 1. The van der Waals surface area contributed by atoms with Crippen LogP contribution in [0.3, 0.4) is 0 Å². The maximum atomic E-state index is 12.1. The number of hydrogen-bond donors (Lipinski definition) is 1. The molecule has 0 atom stereocenters. The van der Waals surface area contributed by atoms with E-state index in [1.165, 1.54) is 0 Å². The molecule has 0 aliphatic rings. The number of nitrogens with one attached hydrogen (secondary N) is 1. The van der Waals surface area contributed by atoms with Crippen LogP contribution in [0.15, 0.2) is 29.6 Å². The molecule has 106 valence electrons. The molecule has 1 aromatic carbocycles. The van der Waals surface area contributed by atoms with Crippen LogP contribution in [0.5, 0.6) is 0 Å². The number of nitrogens with zero attached hydrogens (tertiary/aromatic N) is 1. The molecule has 0 aliphatic carbocycles. The smallest absolute Gasteiger partial charge is 0.230 e. The maximum Gasteiger partial charge on any atom is 0.230 e. The number of aryl methyl sites for hydroxylation is 1. The number of amides is 1. The normalized spacial score (nSPS) is 10.8. The van der Waals surface area contributed by atoms with Crippen LogP contribution >= 0.6 is 11.3 Å². The van der Waals surface area contributed by atoms with Crippen molar-refractivity contribution in [3.05, 3.63) is 45.9 Å². The summed E-state index contributed by atoms with van der Waals surface area (Å²) in [5.41, 5.74) is 2.91. The first-order chi connectivity index (χ1) is 9.60. The Hall–Kier alpha value is -1.68. The first-order valence-electron chi connectivity index (χ1n) is 6.92. The van der Waals surface area contributed by atoms with Gasteiger partial charge in [0, 0.05) is 17.0 Å². The molecule has 1 amide bonds. The Balaban J connectivity index is 2.01. The zero-order valence-corrected chi connectivity index (χ0v) is 13.0. The Bertz CT molecular complexity index is 590. The van der Waals surface area contributed by atoms with Gasteiger partial charge in [0.15, 0.2) is 0 Å². The van der Waals surface area contributed by atoms with Crippen molar-refractivity contribution in [1.29, 1.82) is 0 Å². The molecule has 4 heteroatoms. The summed E-state index contributed by atoms with van der Waals surface area (Å²) >= 11 is 1.62. The predicted octanol–water partition coefficient (Wildman–Crippen LogP) is 4.01. The number of rotatable bonds is 5. The Morgan fingerprint density at radius 1 is 1.35 bits per heavy atom. The lowest BCUT2D eigenvalue weighted by molar-refractivity contribution is -0.115. The fourth-order valence-corrected chi connectivity index (χ4v) is 2.81. The van der Waals surface area contributed by atoms with Crippen molar-refractivity contribution in [3.63, 3.8) is 0 Å². The van der Waals surface area contributed by atoms with Gasteiger partial charge in [-0.2, -0.15) is 0 Å². The largest absolute Gasteiger partial charge is 0.325 e. The van der Waals surface area contributed by atoms with Gasteiger partial charge in [0.1, 0.15) is 0 Å². The molecular formula is C16H20N2OS. The minimum absolute atomic E-state index is 0.00786. The number of thiazole rings is 1. The van der Waals surface area contributed by atoms with Crippen molar-refractivity contribution in [2.75, 3.05) is 5.32 Å². The van der Waals surface area contributed by atoms with E-state index in [9.17, 15) is 4.79 Å². The third-order valence-electron chi connectivity index (χ3n) is 3.08. The summed E-state index contributed by atoms with van der Waals surface area (Å²) < 4.78 is 0. The zero-order chi connectivity index (χ0) is 14.5. The molecule has 0 spiro atoms. The fraction of sp³-hybridized carbons (Fsp3) is 0.375. The minimum atomic E-state index is -0.00786. The van der Waals surface area contributed by atoms with Crippen LogP contribution < -0.4 is 5.32 Å². The van der Waals surface area contributed by atoms with Crippen LogP contribution in [0, 0.1) is 0 Å². The Morgan fingerprint density at radius 2 is 2.10 bits per heavy atom. The lowest BCUT2D eigenvalue weighted by Crippen LogP contribution is -2.15. The average molecular weight is 288 g/mol. The first-order valence-corrected chi connectivity index (χ1v) is 7.80. The van der Waals surface area contributed by atoms with Crippen molar-refractivity contribution >= 4 is 22.9 Å². The van der Waals surface area contributed by atoms with Gasteiger partial charge in [-0.25, -0.2) is 4.98 Å². The summed E-state index contributed by atoms with van der Waals surface area (Å²) in [5, 5.41) is 6.03. The number of aromatic nitrogens is 1. The van der Waals surface area contributed by atoms with Crippen LogP contribution in [-0.2, 0) is 17.6 Å². The third-order valence-corrected chi connectivity index (χ3v) is 4.27. The van der Waals surface area contributed by atoms with E-state index in [0.29, 0.717) is 12.3 Å². The number of carbonyl (C=O) groups is 1. The van der Waals surface area contributed by atoms with Crippen LogP contribution in [0.25, 0.3) is 0 Å². The molecule has 0 unspecified atom stereocenters. The summed E-state index contributed by atoms with van der Waals surface area (Å²) in [7, 11) is 0. The van der Waals surface area contributed by atoms with Crippen LogP contribution in [0.2, 0.25) is 0 Å². The first kappa shape index (κ1) is 14.7. The quantitative estimate of drug-likeness (QED) is 0.903. The van der Waals surface area contributed by atoms with Gasteiger partial charge >= 0.3 is 0 Å². The van der Waals surface area contributed by atoms with E-state index >= 15 is 0 Å². The second-order valence-electron chi connectivity index (χ2n) is 5.07. The highest BCUT2D eigenvalue weighted by molar-refractivity contribution is 7.09. The van der Waals surface area contributed by atoms with E-state index in [4.69, 9.17) is 0 Å². The highest BCUT2D eigenvalue weighted by atomic mass is 32.1. The van der Waals surface area contributed by atoms with Crippen LogP contribution in [-0.4, -0.2) is 10.9 Å². The van der Waals surface area contributed by atoms with Crippen LogP contribution in [0.4, 0.5) is 5.69 Å². The molecule has 20 heavy (non-hydrogen) atoms. The van der Waals surface area contributed by atoms with E-state index in [1.54, 1.807) is 11.3 Å². The third kappa shape index (κ3) is 3.67. The molecule has 0 aliphatic heterocycles. The van der Waals surface area contributed by atoms with Crippen molar-refractivity contribution in [2.24, 2.45) is 0 Å². The molecule has 0 bridgehead atoms. The van der Waals surface area contributed by atoms with Gasteiger partial charge in [0.05, 0.1) is 17.1 Å². The lowest BCUT2D eigenvalue weighted by atomic mass is 10.1. The SMILES string of the molecule is CCc1ccccc1NC(=O)Cc1csc(C(C)C)n1. The second-order valence-corrected chi connectivity index (χ2v) is 5.96. The van der Waals surface area contributed by atoms with Crippen molar-refractivity contribution < 1.29 is 4.79 Å². The molecule has 3 nitrogen and oxygen atoms in total. The molecule has 0 fully saturated rings. The molecule has 1 N–H and O–H groups in total. The van der Waals surface area contributed by atoms with Gasteiger partial charge in [-0.3, -0.25) is 4.79 Å². The summed E-state index contributed by atoms with van der Waals surface area (Å²) in [5.74, 6) is 0.407. The van der Waals surface area contributed by atoms with Crippen molar-refractivity contribution in [1.82, 2.24) is 4.98 Å². The van der Waals surface area contributed by atoms with E-state index in [-0.39, 0.29) is 5.91 Å². The molecule has 2 aromatic rings. The predicted molar refractivity (Wildman–Crippen MR) is 84.4 cm³/mol. The number of hydrogen-bond acceptors (Lipinski definition) is 3. The molecular weight excluding hydrogens is 268 g/mol. The number of carbonyl (C=O) groups excluding carboxylic acids is 1.